The highest BCUT2D eigenvalue weighted by Crippen LogP contribution is 2.20. The molecule has 4 heteroatoms. The summed E-state index contributed by atoms with van der Waals surface area (Å²) in [6.45, 7) is 5.43. The molecular weight excluding hydrogens is 250 g/mol. The molecule has 0 aliphatic rings. The Hall–Kier alpha value is -1.65. The van der Waals surface area contributed by atoms with Crippen molar-refractivity contribution < 1.29 is 5.11 Å². The fraction of sp³-hybridized carbons (Fsp3) is 0.438. The van der Waals surface area contributed by atoms with Gasteiger partial charge in [-0.2, -0.15) is 0 Å². The van der Waals surface area contributed by atoms with Crippen LogP contribution in [0.5, 0.6) is 0 Å². The zero-order chi connectivity index (χ0) is 14.7. The Morgan fingerprint density at radius 1 is 1.35 bits per heavy atom. The lowest BCUT2D eigenvalue weighted by Gasteiger charge is -2.21. The molecule has 2 rings (SSSR count). The van der Waals surface area contributed by atoms with Gasteiger partial charge in [0, 0.05) is 26.0 Å². The summed E-state index contributed by atoms with van der Waals surface area (Å²) in [5, 5.41) is 10.4. The number of likely N-dealkylation sites (N-methyl/N-ethyl adjacent to an activating group) is 1. The molecule has 4 nitrogen and oxygen atoms in total. The molecule has 0 fully saturated rings. The minimum absolute atomic E-state index is 0.471. The highest BCUT2D eigenvalue weighted by molar-refractivity contribution is 5.32. The van der Waals surface area contributed by atoms with Crippen molar-refractivity contribution in [1.82, 2.24) is 14.5 Å². The van der Waals surface area contributed by atoms with Crippen LogP contribution in [0.15, 0.2) is 30.6 Å². The summed E-state index contributed by atoms with van der Waals surface area (Å²) in [4.78, 5) is 6.39. The maximum atomic E-state index is 10.4. The third-order valence-electron chi connectivity index (χ3n) is 3.60. The Kier molecular flexibility index (Phi) is 4.57. The van der Waals surface area contributed by atoms with E-state index in [0.29, 0.717) is 6.54 Å². The van der Waals surface area contributed by atoms with Crippen LogP contribution in [0.2, 0.25) is 0 Å². The van der Waals surface area contributed by atoms with Crippen LogP contribution in [0, 0.1) is 13.8 Å². The number of aryl methyl sites for hydroxylation is 3. The molecule has 0 saturated carbocycles. The molecule has 20 heavy (non-hydrogen) atoms. The molecule has 1 atom stereocenters. The molecule has 0 saturated heterocycles. The first-order chi connectivity index (χ1) is 9.47. The second-order valence-electron chi connectivity index (χ2n) is 5.53. The maximum Gasteiger partial charge on any atom is 0.122 e. The summed E-state index contributed by atoms with van der Waals surface area (Å²) in [5.74, 6) is 1.00. The van der Waals surface area contributed by atoms with Gasteiger partial charge in [0.1, 0.15) is 5.82 Å². The second-order valence-corrected chi connectivity index (χ2v) is 5.53. The number of aliphatic hydroxyl groups excluding tert-OH is 1. The standard InChI is InChI=1S/C16H23N3O/c1-12-5-6-14(13(2)9-12)15(20)10-18(3)11-16-17-7-8-19(16)4/h5-9,15,20H,10-11H2,1-4H3. The van der Waals surface area contributed by atoms with E-state index in [1.807, 2.05) is 43.9 Å². The molecule has 1 heterocycles. The third kappa shape index (κ3) is 3.46. The van der Waals surface area contributed by atoms with Gasteiger partial charge in [0.05, 0.1) is 12.6 Å². The smallest absolute Gasteiger partial charge is 0.122 e. The number of nitrogens with zero attached hydrogens (tertiary/aromatic N) is 3. The van der Waals surface area contributed by atoms with Crippen molar-refractivity contribution in [2.24, 2.45) is 7.05 Å². The van der Waals surface area contributed by atoms with E-state index in [4.69, 9.17) is 0 Å². The highest BCUT2D eigenvalue weighted by Gasteiger charge is 2.14. The summed E-state index contributed by atoms with van der Waals surface area (Å²) in [7, 11) is 3.98. The number of benzene rings is 1. The minimum atomic E-state index is -0.471. The van der Waals surface area contributed by atoms with Crippen molar-refractivity contribution in [2.45, 2.75) is 26.5 Å². The lowest BCUT2D eigenvalue weighted by Crippen LogP contribution is -2.26. The predicted molar refractivity (Wildman–Crippen MR) is 80.4 cm³/mol. The SMILES string of the molecule is Cc1ccc(C(O)CN(C)Cc2nccn2C)c(C)c1. The summed E-state index contributed by atoms with van der Waals surface area (Å²) in [6.07, 6.45) is 3.26. The second kappa shape index (κ2) is 6.20. The van der Waals surface area contributed by atoms with Crippen LogP contribution in [-0.2, 0) is 13.6 Å². The number of aromatic nitrogens is 2. The van der Waals surface area contributed by atoms with E-state index in [1.54, 1.807) is 6.20 Å². The molecule has 0 bridgehead atoms. The third-order valence-corrected chi connectivity index (χ3v) is 3.60. The molecule has 1 aromatic heterocycles. The zero-order valence-electron chi connectivity index (χ0n) is 12.7. The predicted octanol–water partition coefficient (Wildman–Crippen LogP) is 2.20. The number of imidazole rings is 1. The highest BCUT2D eigenvalue weighted by atomic mass is 16.3. The minimum Gasteiger partial charge on any atom is -0.387 e. The van der Waals surface area contributed by atoms with Gasteiger partial charge in [-0.05, 0) is 32.0 Å². The van der Waals surface area contributed by atoms with E-state index in [-0.39, 0.29) is 0 Å². The van der Waals surface area contributed by atoms with Crippen molar-refractivity contribution in [3.63, 3.8) is 0 Å². The van der Waals surface area contributed by atoms with Crippen LogP contribution < -0.4 is 0 Å². The molecule has 1 N–H and O–H groups in total. The Balaban J connectivity index is 2.00. The van der Waals surface area contributed by atoms with Gasteiger partial charge < -0.3 is 9.67 Å². The van der Waals surface area contributed by atoms with Gasteiger partial charge in [-0.15, -0.1) is 0 Å². The monoisotopic (exact) mass is 273 g/mol. The molecule has 0 amide bonds. The topological polar surface area (TPSA) is 41.3 Å². The van der Waals surface area contributed by atoms with Crippen LogP contribution >= 0.6 is 0 Å². The van der Waals surface area contributed by atoms with Gasteiger partial charge in [-0.1, -0.05) is 23.8 Å². The van der Waals surface area contributed by atoms with Gasteiger partial charge in [-0.25, -0.2) is 4.98 Å². The van der Waals surface area contributed by atoms with Gasteiger partial charge >= 0.3 is 0 Å². The maximum absolute atomic E-state index is 10.4. The molecule has 0 radical (unpaired) electrons. The average molecular weight is 273 g/mol. The summed E-state index contributed by atoms with van der Waals surface area (Å²) < 4.78 is 2.00. The quantitative estimate of drug-likeness (QED) is 0.908. The molecule has 108 valence electrons. The fourth-order valence-corrected chi connectivity index (χ4v) is 2.45. The molecule has 1 aromatic carbocycles. The fourth-order valence-electron chi connectivity index (χ4n) is 2.45. The Morgan fingerprint density at radius 2 is 2.10 bits per heavy atom. The van der Waals surface area contributed by atoms with Crippen LogP contribution in [0.25, 0.3) is 0 Å². The molecule has 2 aromatic rings. The van der Waals surface area contributed by atoms with E-state index in [9.17, 15) is 5.11 Å². The van der Waals surface area contributed by atoms with Crippen LogP contribution in [0.4, 0.5) is 0 Å². The number of hydrogen-bond donors (Lipinski definition) is 1. The first-order valence-corrected chi connectivity index (χ1v) is 6.87. The normalized spacial score (nSPS) is 12.9. The first kappa shape index (κ1) is 14.8. The average Bonchev–Trinajstić information content (AvgIpc) is 2.74. The van der Waals surface area contributed by atoms with Crippen molar-refractivity contribution in [3.8, 4) is 0 Å². The zero-order valence-corrected chi connectivity index (χ0v) is 12.7. The van der Waals surface area contributed by atoms with Gasteiger partial charge in [0.2, 0.25) is 0 Å². The summed E-state index contributed by atoms with van der Waals surface area (Å²) in [6, 6.07) is 6.17. The van der Waals surface area contributed by atoms with E-state index >= 15 is 0 Å². The van der Waals surface area contributed by atoms with E-state index in [2.05, 4.69) is 22.9 Å². The molecule has 0 aliphatic carbocycles. The van der Waals surface area contributed by atoms with Crippen molar-refractivity contribution >= 4 is 0 Å². The van der Waals surface area contributed by atoms with Crippen LogP contribution in [0.1, 0.15) is 28.6 Å². The lowest BCUT2D eigenvalue weighted by molar-refractivity contribution is 0.121. The number of aliphatic hydroxyl groups is 1. The van der Waals surface area contributed by atoms with Crippen molar-refractivity contribution in [3.05, 3.63) is 53.1 Å². The largest absolute Gasteiger partial charge is 0.387 e. The van der Waals surface area contributed by atoms with Gasteiger partial charge in [0.15, 0.2) is 0 Å². The van der Waals surface area contributed by atoms with Crippen LogP contribution in [-0.4, -0.2) is 33.1 Å². The molecule has 1 unspecified atom stereocenters. The number of hydrogen-bond acceptors (Lipinski definition) is 3. The van der Waals surface area contributed by atoms with Gasteiger partial charge in [-0.3, -0.25) is 4.90 Å². The van der Waals surface area contributed by atoms with Crippen LogP contribution in [0.3, 0.4) is 0 Å². The van der Waals surface area contributed by atoms with E-state index in [0.717, 1.165) is 23.5 Å². The molecular formula is C16H23N3O. The number of rotatable bonds is 5. The Morgan fingerprint density at radius 3 is 2.70 bits per heavy atom. The summed E-state index contributed by atoms with van der Waals surface area (Å²) >= 11 is 0. The van der Waals surface area contributed by atoms with Crippen molar-refractivity contribution in [1.29, 1.82) is 0 Å². The van der Waals surface area contributed by atoms with E-state index in [1.165, 1.54) is 5.56 Å². The lowest BCUT2D eigenvalue weighted by atomic mass is 10.0. The molecule has 0 aliphatic heterocycles. The van der Waals surface area contributed by atoms with Gasteiger partial charge in [0.25, 0.3) is 0 Å². The van der Waals surface area contributed by atoms with Crippen molar-refractivity contribution in [2.75, 3.05) is 13.6 Å². The molecule has 0 spiro atoms. The Bertz CT molecular complexity index is 577. The Labute approximate surface area is 120 Å². The summed E-state index contributed by atoms with van der Waals surface area (Å²) in [5.41, 5.74) is 3.37. The first-order valence-electron chi connectivity index (χ1n) is 6.87. The van der Waals surface area contributed by atoms with E-state index < -0.39 is 6.10 Å².